The second-order valence-electron chi connectivity index (χ2n) is 4.38. The molecule has 3 nitrogen and oxygen atoms in total. The Balaban J connectivity index is 1.94. The molecule has 0 aromatic carbocycles. The van der Waals surface area contributed by atoms with Crippen molar-refractivity contribution in [3.8, 4) is 0 Å². The standard InChI is InChI=1S/C10H18N2O/c1-12(7-5-6-7)10(13)8-3-2-4-9(8)11/h7-9H,2-6,11H2,1H3. The molecule has 2 N–H and O–H groups in total. The van der Waals surface area contributed by atoms with Crippen molar-refractivity contribution in [1.82, 2.24) is 4.90 Å². The van der Waals surface area contributed by atoms with E-state index in [0.29, 0.717) is 6.04 Å². The molecule has 3 heteroatoms. The van der Waals surface area contributed by atoms with E-state index in [-0.39, 0.29) is 17.9 Å². The van der Waals surface area contributed by atoms with Gasteiger partial charge in [-0.25, -0.2) is 0 Å². The van der Waals surface area contributed by atoms with Crippen molar-refractivity contribution in [2.24, 2.45) is 11.7 Å². The van der Waals surface area contributed by atoms with E-state index in [1.165, 1.54) is 12.8 Å². The van der Waals surface area contributed by atoms with Crippen LogP contribution in [0.2, 0.25) is 0 Å². The van der Waals surface area contributed by atoms with Gasteiger partial charge in [0.05, 0.1) is 5.92 Å². The first-order valence-corrected chi connectivity index (χ1v) is 5.22. The van der Waals surface area contributed by atoms with E-state index >= 15 is 0 Å². The van der Waals surface area contributed by atoms with Gasteiger partial charge in [-0.2, -0.15) is 0 Å². The molecule has 0 spiro atoms. The van der Waals surface area contributed by atoms with Gasteiger partial charge in [0.1, 0.15) is 0 Å². The number of hydrogen-bond acceptors (Lipinski definition) is 2. The van der Waals surface area contributed by atoms with Gasteiger partial charge in [-0.15, -0.1) is 0 Å². The zero-order valence-corrected chi connectivity index (χ0v) is 8.20. The molecule has 0 aliphatic heterocycles. The van der Waals surface area contributed by atoms with Crippen LogP contribution in [-0.2, 0) is 4.79 Å². The van der Waals surface area contributed by atoms with Crippen molar-refractivity contribution in [3.05, 3.63) is 0 Å². The number of carbonyl (C=O) groups is 1. The predicted molar refractivity (Wildman–Crippen MR) is 51.1 cm³/mol. The molecule has 2 aliphatic rings. The van der Waals surface area contributed by atoms with Gasteiger partial charge >= 0.3 is 0 Å². The van der Waals surface area contributed by atoms with Crippen molar-refractivity contribution in [1.29, 1.82) is 0 Å². The van der Waals surface area contributed by atoms with E-state index < -0.39 is 0 Å². The Bertz CT molecular complexity index is 213. The van der Waals surface area contributed by atoms with Crippen molar-refractivity contribution in [3.63, 3.8) is 0 Å². The van der Waals surface area contributed by atoms with Crippen LogP contribution in [0.25, 0.3) is 0 Å². The molecule has 2 fully saturated rings. The van der Waals surface area contributed by atoms with Crippen LogP contribution in [0.5, 0.6) is 0 Å². The monoisotopic (exact) mass is 182 g/mol. The van der Waals surface area contributed by atoms with Gasteiger partial charge < -0.3 is 10.6 Å². The van der Waals surface area contributed by atoms with E-state index in [4.69, 9.17) is 5.73 Å². The highest BCUT2D eigenvalue weighted by atomic mass is 16.2. The maximum atomic E-state index is 11.9. The molecular formula is C10H18N2O. The minimum absolute atomic E-state index is 0.116. The molecule has 2 unspecified atom stereocenters. The third-order valence-electron chi connectivity index (χ3n) is 3.33. The normalized spacial score (nSPS) is 33.4. The Kier molecular flexibility index (Phi) is 2.28. The fraction of sp³-hybridized carbons (Fsp3) is 0.900. The highest BCUT2D eigenvalue weighted by molar-refractivity contribution is 5.80. The average Bonchev–Trinajstić information content (AvgIpc) is 2.87. The van der Waals surface area contributed by atoms with Crippen LogP contribution in [0.4, 0.5) is 0 Å². The van der Waals surface area contributed by atoms with Crippen LogP contribution in [0.1, 0.15) is 32.1 Å². The lowest BCUT2D eigenvalue weighted by molar-refractivity contribution is -0.134. The quantitative estimate of drug-likeness (QED) is 0.684. The molecule has 0 aromatic heterocycles. The lowest BCUT2D eigenvalue weighted by Crippen LogP contribution is -2.40. The predicted octanol–water partition coefficient (Wildman–Crippen LogP) is 0.735. The number of rotatable bonds is 2. The van der Waals surface area contributed by atoms with Gasteiger partial charge in [-0.1, -0.05) is 6.42 Å². The third kappa shape index (κ3) is 1.70. The number of hydrogen-bond donors (Lipinski definition) is 1. The first-order valence-electron chi connectivity index (χ1n) is 5.22. The highest BCUT2D eigenvalue weighted by Gasteiger charge is 2.37. The summed E-state index contributed by atoms with van der Waals surface area (Å²) in [6.45, 7) is 0. The first kappa shape index (κ1) is 9.00. The van der Waals surface area contributed by atoms with Gasteiger partial charge in [0.2, 0.25) is 5.91 Å². The maximum absolute atomic E-state index is 11.9. The van der Waals surface area contributed by atoms with E-state index in [2.05, 4.69) is 0 Å². The molecule has 0 radical (unpaired) electrons. The highest BCUT2D eigenvalue weighted by Crippen LogP contribution is 2.31. The van der Waals surface area contributed by atoms with Crippen molar-refractivity contribution in [2.45, 2.75) is 44.2 Å². The van der Waals surface area contributed by atoms with Crippen molar-refractivity contribution >= 4 is 5.91 Å². The van der Waals surface area contributed by atoms with Crippen LogP contribution in [0.3, 0.4) is 0 Å². The number of amides is 1. The van der Waals surface area contributed by atoms with Crippen LogP contribution in [0.15, 0.2) is 0 Å². The molecule has 0 bridgehead atoms. The van der Waals surface area contributed by atoms with E-state index in [1.807, 2.05) is 11.9 Å². The summed E-state index contributed by atoms with van der Waals surface area (Å²) < 4.78 is 0. The fourth-order valence-corrected chi connectivity index (χ4v) is 2.20. The Labute approximate surface area is 79.3 Å². The lowest BCUT2D eigenvalue weighted by Gasteiger charge is -2.22. The maximum Gasteiger partial charge on any atom is 0.227 e. The molecule has 1 amide bonds. The second kappa shape index (κ2) is 3.29. The Morgan fingerprint density at radius 1 is 1.31 bits per heavy atom. The summed E-state index contributed by atoms with van der Waals surface area (Å²) >= 11 is 0. The van der Waals surface area contributed by atoms with Crippen molar-refractivity contribution in [2.75, 3.05) is 7.05 Å². The molecular weight excluding hydrogens is 164 g/mol. The van der Waals surface area contributed by atoms with Crippen LogP contribution in [0, 0.1) is 5.92 Å². The van der Waals surface area contributed by atoms with E-state index in [0.717, 1.165) is 19.3 Å². The smallest absolute Gasteiger partial charge is 0.227 e. The SMILES string of the molecule is CN(C(=O)C1CCCC1N)C1CC1. The summed E-state index contributed by atoms with van der Waals surface area (Å²) in [7, 11) is 1.92. The Morgan fingerprint density at radius 2 is 2.00 bits per heavy atom. The van der Waals surface area contributed by atoms with Crippen LogP contribution >= 0.6 is 0 Å². The zero-order valence-electron chi connectivity index (χ0n) is 8.20. The van der Waals surface area contributed by atoms with Gasteiger partial charge in [-0.05, 0) is 25.7 Å². The minimum Gasteiger partial charge on any atom is -0.342 e. The summed E-state index contributed by atoms with van der Waals surface area (Å²) in [4.78, 5) is 13.8. The molecule has 0 heterocycles. The van der Waals surface area contributed by atoms with Gasteiger partial charge in [-0.3, -0.25) is 4.79 Å². The number of carbonyl (C=O) groups excluding carboxylic acids is 1. The molecule has 2 atom stereocenters. The number of nitrogens with two attached hydrogens (primary N) is 1. The summed E-state index contributed by atoms with van der Waals surface area (Å²) in [6.07, 6.45) is 5.51. The van der Waals surface area contributed by atoms with Crippen LogP contribution < -0.4 is 5.73 Å². The molecule has 2 rings (SSSR count). The summed E-state index contributed by atoms with van der Waals surface area (Å²) in [5.74, 6) is 0.401. The second-order valence-corrected chi connectivity index (χ2v) is 4.38. The molecule has 2 saturated carbocycles. The lowest BCUT2D eigenvalue weighted by atomic mass is 10.0. The first-order chi connectivity index (χ1) is 6.20. The minimum atomic E-state index is 0.116. The van der Waals surface area contributed by atoms with Gasteiger partial charge in [0.15, 0.2) is 0 Å². The van der Waals surface area contributed by atoms with Gasteiger partial charge in [0, 0.05) is 19.1 Å². The topological polar surface area (TPSA) is 46.3 Å². The molecule has 74 valence electrons. The molecule has 0 saturated heterocycles. The van der Waals surface area contributed by atoms with Gasteiger partial charge in [0.25, 0.3) is 0 Å². The largest absolute Gasteiger partial charge is 0.342 e. The zero-order chi connectivity index (χ0) is 9.42. The average molecular weight is 182 g/mol. The summed E-state index contributed by atoms with van der Waals surface area (Å²) in [5.41, 5.74) is 5.89. The van der Waals surface area contributed by atoms with E-state index in [1.54, 1.807) is 0 Å². The molecule has 2 aliphatic carbocycles. The summed E-state index contributed by atoms with van der Waals surface area (Å²) in [6, 6.07) is 0.647. The number of nitrogens with zero attached hydrogens (tertiary/aromatic N) is 1. The van der Waals surface area contributed by atoms with E-state index in [9.17, 15) is 4.79 Å². The summed E-state index contributed by atoms with van der Waals surface area (Å²) in [5, 5.41) is 0. The fourth-order valence-electron chi connectivity index (χ4n) is 2.20. The van der Waals surface area contributed by atoms with Crippen molar-refractivity contribution < 1.29 is 4.79 Å². The molecule has 13 heavy (non-hydrogen) atoms. The Hall–Kier alpha value is -0.570. The van der Waals surface area contributed by atoms with Crippen LogP contribution in [-0.4, -0.2) is 29.9 Å². The Morgan fingerprint density at radius 3 is 2.46 bits per heavy atom. The molecule has 0 aromatic rings. The third-order valence-corrected chi connectivity index (χ3v) is 3.33.